The van der Waals surface area contributed by atoms with E-state index in [4.69, 9.17) is 16.3 Å². The summed E-state index contributed by atoms with van der Waals surface area (Å²) in [5, 5.41) is 0.227. The molecule has 11 heteroatoms. The van der Waals surface area contributed by atoms with Gasteiger partial charge in [-0.15, -0.1) is 0 Å². The summed E-state index contributed by atoms with van der Waals surface area (Å²) in [5.74, 6) is 0.398. The van der Waals surface area contributed by atoms with Gasteiger partial charge in [-0.2, -0.15) is 17.5 Å². The van der Waals surface area contributed by atoms with E-state index in [1.165, 1.54) is 34.6 Å². The molecule has 176 valence electrons. The average molecular weight is 500 g/mol. The summed E-state index contributed by atoms with van der Waals surface area (Å²) in [6, 6.07) is 9.37. The van der Waals surface area contributed by atoms with Gasteiger partial charge >= 0.3 is 6.18 Å². The molecule has 0 N–H and O–H groups in total. The fraction of sp³-hybridized carbons (Fsp3) is 0.318. The first-order valence-corrected chi connectivity index (χ1v) is 12.1. The number of nitrogens with zero attached hydrogens (tertiary/aromatic N) is 3. The summed E-state index contributed by atoms with van der Waals surface area (Å²) in [4.78, 5) is 4.66. The molecule has 1 fully saturated rings. The molecule has 33 heavy (non-hydrogen) atoms. The van der Waals surface area contributed by atoms with E-state index in [0.29, 0.717) is 42.2 Å². The quantitative estimate of drug-likeness (QED) is 0.504. The molecule has 6 nitrogen and oxygen atoms in total. The maximum Gasteiger partial charge on any atom is 0.416 e. The molecule has 0 amide bonds. The summed E-state index contributed by atoms with van der Waals surface area (Å²) in [5.41, 5.74) is 0.899. The van der Waals surface area contributed by atoms with Crippen LogP contribution in [-0.4, -0.2) is 48.6 Å². The van der Waals surface area contributed by atoms with Gasteiger partial charge in [-0.1, -0.05) is 23.7 Å². The van der Waals surface area contributed by atoms with E-state index in [-0.39, 0.29) is 23.0 Å². The van der Waals surface area contributed by atoms with Crippen molar-refractivity contribution in [2.24, 2.45) is 0 Å². The molecule has 0 bridgehead atoms. The molecule has 1 saturated heterocycles. The molecule has 0 unspecified atom stereocenters. The van der Waals surface area contributed by atoms with Crippen LogP contribution < -0.4 is 0 Å². The summed E-state index contributed by atoms with van der Waals surface area (Å²) in [7, 11) is -3.68. The number of aromatic nitrogens is 2. The number of alkyl halides is 3. The minimum Gasteiger partial charge on any atom is -0.379 e. The fourth-order valence-corrected chi connectivity index (χ4v) is 5.39. The SMILES string of the molecule is CCn1c(/C(Cl)=C/c2ccc(C(F)(F)F)cc2)nc2cc(S(=O)(=O)N3CCOCC3)ccc21. The molecule has 1 aromatic heterocycles. The molecule has 1 aliphatic rings. The fourth-order valence-electron chi connectivity index (χ4n) is 3.69. The van der Waals surface area contributed by atoms with Crippen LogP contribution in [0, 0.1) is 0 Å². The van der Waals surface area contributed by atoms with Gasteiger partial charge in [0.2, 0.25) is 10.0 Å². The second kappa shape index (κ2) is 9.09. The van der Waals surface area contributed by atoms with Crippen LogP contribution in [-0.2, 0) is 27.5 Å². The molecule has 2 heterocycles. The highest BCUT2D eigenvalue weighted by Gasteiger charge is 2.30. The molecule has 2 aromatic carbocycles. The lowest BCUT2D eigenvalue weighted by Crippen LogP contribution is -2.40. The number of hydrogen-bond donors (Lipinski definition) is 0. The van der Waals surface area contributed by atoms with Crippen LogP contribution in [0.1, 0.15) is 23.9 Å². The standard InChI is InChI=1S/C22H21ClF3N3O3S/c1-2-29-20-8-7-17(33(30,31)28-9-11-32-12-10-28)14-19(20)27-21(29)18(23)13-15-3-5-16(6-4-15)22(24,25)26/h3-8,13-14H,2,9-12H2,1H3/b18-13-. The Morgan fingerprint density at radius 2 is 1.82 bits per heavy atom. The van der Waals surface area contributed by atoms with Crippen LogP contribution in [0.15, 0.2) is 47.4 Å². The highest BCUT2D eigenvalue weighted by molar-refractivity contribution is 7.89. The second-order valence-corrected chi connectivity index (χ2v) is 9.80. The Labute approximate surface area is 194 Å². The van der Waals surface area contributed by atoms with E-state index in [0.717, 1.165) is 12.1 Å². The van der Waals surface area contributed by atoms with Crippen molar-refractivity contribution >= 4 is 43.8 Å². The van der Waals surface area contributed by atoms with Crippen molar-refractivity contribution in [2.75, 3.05) is 26.3 Å². The highest BCUT2D eigenvalue weighted by atomic mass is 35.5. The topological polar surface area (TPSA) is 64.4 Å². The van der Waals surface area contributed by atoms with Crippen molar-refractivity contribution in [1.82, 2.24) is 13.9 Å². The number of imidazole rings is 1. The van der Waals surface area contributed by atoms with Gasteiger partial charge in [0, 0.05) is 19.6 Å². The minimum absolute atomic E-state index is 0.132. The zero-order chi connectivity index (χ0) is 23.8. The molecule has 0 saturated carbocycles. The largest absolute Gasteiger partial charge is 0.416 e. The van der Waals surface area contributed by atoms with Gasteiger partial charge in [-0.3, -0.25) is 0 Å². The minimum atomic E-state index is -4.42. The monoisotopic (exact) mass is 499 g/mol. The van der Waals surface area contributed by atoms with Gasteiger partial charge in [0.25, 0.3) is 0 Å². The van der Waals surface area contributed by atoms with Crippen LogP contribution in [0.4, 0.5) is 13.2 Å². The number of fused-ring (bicyclic) bond motifs is 1. The van der Waals surface area contributed by atoms with Gasteiger partial charge in [0.15, 0.2) is 5.82 Å². The number of halogens is 4. The molecule has 3 aromatic rings. The van der Waals surface area contributed by atoms with E-state index in [1.807, 2.05) is 11.5 Å². The van der Waals surface area contributed by atoms with Crippen molar-refractivity contribution in [2.45, 2.75) is 24.5 Å². The lowest BCUT2D eigenvalue weighted by atomic mass is 10.1. The van der Waals surface area contributed by atoms with Gasteiger partial charge in [-0.05, 0) is 48.9 Å². The Morgan fingerprint density at radius 3 is 2.42 bits per heavy atom. The molecule has 4 rings (SSSR count). The Hall–Kier alpha value is -2.40. The number of rotatable bonds is 5. The van der Waals surface area contributed by atoms with E-state index in [2.05, 4.69) is 4.98 Å². The second-order valence-electron chi connectivity index (χ2n) is 7.46. The van der Waals surface area contributed by atoms with Crippen molar-refractivity contribution < 1.29 is 26.3 Å². The van der Waals surface area contributed by atoms with E-state index in [9.17, 15) is 21.6 Å². The van der Waals surface area contributed by atoms with Gasteiger partial charge < -0.3 is 9.30 Å². The number of aryl methyl sites for hydroxylation is 1. The first-order chi connectivity index (χ1) is 15.6. The van der Waals surface area contributed by atoms with Gasteiger partial charge in [0.05, 0.1) is 39.7 Å². The Kier molecular flexibility index (Phi) is 6.54. The summed E-state index contributed by atoms with van der Waals surface area (Å²) >= 11 is 6.49. The first kappa shape index (κ1) is 23.7. The van der Waals surface area contributed by atoms with Gasteiger partial charge in [-0.25, -0.2) is 13.4 Å². The van der Waals surface area contributed by atoms with Crippen LogP contribution in [0.25, 0.3) is 22.1 Å². The zero-order valence-electron chi connectivity index (χ0n) is 17.6. The summed E-state index contributed by atoms with van der Waals surface area (Å²) < 4.78 is 72.8. The van der Waals surface area contributed by atoms with Crippen molar-refractivity contribution in [3.05, 3.63) is 59.4 Å². The van der Waals surface area contributed by atoms with E-state index >= 15 is 0 Å². The van der Waals surface area contributed by atoms with Crippen molar-refractivity contribution in [3.8, 4) is 0 Å². The number of sulfonamides is 1. The predicted molar refractivity (Wildman–Crippen MR) is 120 cm³/mol. The van der Waals surface area contributed by atoms with Gasteiger partial charge in [0.1, 0.15) is 0 Å². The Bertz CT molecular complexity index is 1300. The maximum atomic E-state index is 13.0. The van der Waals surface area contributed by atoms with Crippen LogP contribution in [0.3, 0.4) is 0 Å². The molecular weight excluding hydrogens is 479 g/mol. The molecular formula is C22H21ClF3N3O3S. The van der Waals surface area contributed by atoms with E-state index < -0.39 is 21.8 Å². The third-order valence-electron chi connectivity index (χ3n) is 5.39. The average Bonchev–Trinajstić information content (AvgIpc) is 3.17. The number of benzene rings is 2. The molecule has 0 atom stereocenters. The molecule has 0 radical (unpaired) electrons. The number of ether oxygens (including phenoxy) is 1. The normalized spacial score (nSPS) is 16.5. The Balaban J connectivity index is 1.70. The lowest BCUT2D eigenvalue weighted by molar-refractivity contribution is -0.137. The van der Waals surface area contributed by atoms with Crippen molar-refractivity contribution in [1.29, 1.82) is 0 Å². The molecule has 1 aliphatic heterocycles. The van der Waals surface area contributed by atoms with E-state index in [1.54, 1.807) is 6.07 Å². The lowest BCUT2D eigenvalue weighted by Gasteiger charge is -2.26. The first-order valence-electron chi connectivity index (χ1n) is 10.2. The predicted octanol–water partition coefficient (Wildman–Crippen LogP) is 4.83. The zero-order valence-corrected chi connectivity index (χ0v) is 19.2. The van der Waals surface area contributed by atoms with Crippen LogP contribution in [0.2, 0.25) is 0 Å². The number of hydrogen-bond acceptors (Lipinski definition) is 4. The van der Waals surface area contributed by atoms with Crippen LogP contribution in [0.5, 0.6) is 0 Å². The third-order valence-corrected chi connectivity index (χ3v) is 7.56. The molecule has 0 spiro atoms. The third kappa shape index (κ3) is 4.79. The highest BCUT2D eigenvalue weighted by Crippen LogP contribution is 2.31. The maximum absolute atomic E-state index is 13.0. The Morgan fingerprint density at radius 1 is 1.15 bits per heavy atom. The smallest absolute Gasteiger partial charge is 0.379 e. The summed E-state index contributed by atoms with van der Waals surface area (Å²) in [6.07, 6.45) is -2.89. The van der Waals surface area contributed by atoms with Crippen molar-refractivity contribution in [3.63, 3.8) is 0 Å². The summed E-state index contributed by atoms with van der Waals surface area (Å²) in [6.45, 7) is 3.68. The van der Waals surface area contributed by atoms with Crippen LogP contribution >= 0.6 is 11.6 Å². The molecule has 0 aliphatic carbocycles. The number of morpholine rings is 1.